The van der Waals surface area contributed by atoms with E-state index in [0.29, 0.717) is 0 Å². The number of hydrogen-bond acceptors (Lipinski definition) is 5. The van der Waals surface area contributed by atoms with Gasteiger partial charge in [-0.1, -0.05) is 0 Å². The Labute approximate surface area is 111 Å². The van der Waals surface area contributed by atoms with E-state index < -0.39 is 42.4 Å². The summed E-state index contributed by atoms with van der Waals surface area (Å²) in [6, 6.07) is 0.0628. The van der Waals surface area contributed by atoms with Gasteiger partial charge in [-0.25, -0.2) is 10.8 Å². The second-order valence-corrected chi connectivity index (χ2v) is 3.55. The highest BCUT2D eigenvalue weighted by Crippen LogP contribution is 2.36. The van der Waals surface area contributed by atoms with E-state index in [1.54, 1.807) is 5.43 Å². The number of alkyl halides is 8. The minimum atomic E-state index is -5.91. The lowest BCUT2D eigenvalue weighted by Gasteiger charge is -2.19. The van der Waals surface area contributed by atoms with Crippen molar-refractivity contribution in [2.75, 3.05) is 12.0 Å². The average molecular weight is 326 g/mol. The fourth-order valence-corrected chi connectivity index (χ4v) is 0.955. The Balaban J connectivity index is 2.99. The number of nitrogens with zero attached hydrogens (tertiary/aromatic N) is 2. The predicted octanol–water partition coefficient (Wildman–Crippen LogP) is 2.36. The van der Waals surface area contributed by atoms with Crippen LogP contribution >= 0.6 is 0 Å². The van der Waals surface area contributed by atoms with Crippen LogP contribution in [0.3, 0.4) is 0 Å². The van der Waals surface area contributed by atoms with Gasteiger partial charge >= 0.3 is 18.3 Å². The molecule has 0 amide bonds. The van der Waals surface area contributed by atoms with Crippen LogP contribution in [0, 0.1) is 0 Å². The van der Waals surface area contributed by atoms with Crippen molar-refractivity contribution in [3.63, 3.8) is 0 Å². The van der Waals surface area contributed by atoms with Crippen LogP contribution in [0.1, 0.15) is 5.69 Å². The van der Waals surface area contributed by atoms with E-state index >= 15 is 0 Å². The molecule has 1 rings (SSSR count). The number of nitrogen functional groups attached to an aromatic ring is 1. The lowest BCUT2D eigenvalue weighted by Crippen LogP contribution is -2.41. The van der Waals surface area contributed by atoms with E-state index in [1.165, 1.54) is 0 Å². The monoisotopic (exact) mass is 326 g/mol. The van der Waals surface area contributed by atoms with Gasteiger partial charge in [-0.3, -0.25) is 5.43 Å². The lowest BCUT2D eigenvalue weighted by molar-refractivity contribution is -0.290. The molecule has 5 nitrogen and oxygen atoms in total. The Morgan fingerprint density at radius 1 is 1.05 bits per heavy atom. The minimum Gasteiger partial charge on any atom is -0.471 e. The van der Waals surface area contributed by atoms with Crippen molar-refractivity contribution in [1.29, 1.82) is 0 Å². The second kappa shape index (κ2) is 5.46. The van der Waals surface area contributed by atoms with E-state index in [2.05, 4.69) is 14.7 Å². The molecule has 0 aliphatic carbocycles. The van der Waals surface area contributed by atoms with Crippen molar-refractivity contribution in [3.05, 3.63) is 11.8 Å². The van der Waals surface area contributed by atoms with Crippen LogP contribution in [-0.2, 0) is 6.18 Å². The van der Waals surface area contributed by atoms with Gasteiger partial charge in [0.25, 0.3) is 0 Å². The standard InChI is InChI=1S/C8H6F8N4O/c9-6(10,8(14,15)16)2-21-4-1-3(7(11,12)13)18-5(19-4)20-17/h1H,2,17H2,(H,18,19,20). The van der Waals surface area contributed by atoms with E-state index in [4.69, 9.17) is 5.84 Å². The van der Waals surface area contributed by atoms with Gasteiger partial charge in [-0.2, -0.15) is 40.1 Å². The van der Waals surface area contributed by atoms with Crippen molar-refractivity contribution in [1.82, 2.24) is 9.97 Å². The topological polar surface area (TPSA) is 73.1 Å². The SMILES string of the molecule is NNc1nc(OCC(F)(F)C(F)(F)F)cc(C(F)(F)F)n1. The van der Waals surface area contributed by atoms with Crippen molar-refractivity contribution in [2.24, 2.45) is 5.84 Å². The molecule has 0 aliphatic rings. The molecule has 0 fully saturated rings. The van der Waals surface area contributed by atoms with Crippen LogP contribution in [0.4, 0.5) is 41.1 Å². The molecule has 0 atom stereocenters. The molecule has 0 saturated heterocycles. The smallest absolute Gasteiger partial charge is 0.456 e. The van der Waals surface area contributed by atoms with E-state index in [9.17, 15) is 35.1 Å². The Hall–Kier alpha value is -1.92. The quantitative estimate of drug-likeness (QED) is 0.505. The maximum atomic E-state index is 12.6. The molecule has 3 N–H and O–H groups in total. The summed E-state index contributed by atoms with van der Waals surface area (Å²) in [7, 11) is 0. The van der Waals surface area contributed by atoms with Crippen LogP contribution < -0.4 is 16.0 Å². The Morgan fingerprint density at radius 3 is 2.05 bits per heavy atom. The first-order valence-corrected chi connectivity index (χ1v) is 4.87. The summed E-state index contributed by atoms with van der Waals surface area (Å²) in [6.45, 7) is -2.24. The molecule has 0 aromatic carbocycles. The minimum absolute atomic E-state index is 0.0628. The molecule has 21 heavy (non-hydrogen) atoms. The van der Waals surface area contributed by atoms with Crippen molar-refractivity contribution < 1.29 is 39.9 Å². The fraction of sp³-hybridized carbons (Fsp3) is 0.500. The molecular weight excluding hydrogens is 320 g/mol. The van der Waals surface area contributed by atoms with Gasteiger partial charge in [-0.15, -0.1) is 0 Å². The van der Waals surface area contributed by atoms with Crippen LogP contribution in [-0.4, -0.2) is 28.7 Å². The molecule has 120 valence electrons. The van der Waals surface area contributed by atoms with Crippen molar-refractivity contribution >= 4 is 5.95 Å². The first-order chi connectivity index (χ1) is 9.37. The first kappa shape index (κ1) is 17.1. The number of hydrogen-bond donors (Lipinski definition) is 2. The predicted molar refractivity (Wildman–Crippen MR) is 51.3 cm³/mol. The maximum Gasteiger partial charge on any atom is 0.456 e. The summed E-state index contributed by atoms with van der Waals surface area (Å²) >= 11 is 0. The van der Waals surface area contributed by atoms with E-state index in [-0.39, 0.29) is 6.07 Å². The third-order valence-electron chi connectivity index (χ3n) is 1.94. The summed E-state index contributed by atoms with van der Waals surface area (Å²) < 4.78 is 102. The first-order valence-electron chi connectivity index (χ1n) is 4.87. The molecule has 1 aromatic rings. The molecule has 0 saturated carbocycles. The number of rotatable bonds is 4. The zero-order valence-electron chi connectivity index (χ0n) is 9.69. The number of ether oxygens (including phenoxy) is 1. The molecular formula is C8H6F8N4O. The molecule has 13 heteroatoms. The van der Waals surface area contributed by atoms with Crippen LogP contribution in [0.2, 0.25) is 0 Å². The van der Waals surface area contributed by atoms with E-state index in [1.807, 2.05) is 0 Å². The molecule has 1 aromatic heterocycles. The van der Waals surface area contributed by atoms with Gasteiger partial charge in [0.1, 0.15) is 0 Å². The molecule has 0 unspecified atom stereocenters. The molecule has 1 heterocycles. The second-order valence-electron chi connectivity index (χ2n) is 3.55. The third kappa shape index (κ3) is 4.27. The van der Waals surface area contributed by atoms with Gasteiger partial charge in [0.05, 0.1) is 0 Å². The molecule has 0 spiro atoms. The number of nitrogens with one attached hydrogen (secondary N) is 1. The number of aromatic nitrogens is 2. The largest absolute Gasteiger partial charge is 0.471 e. The number of anilines is 1. The normalized spacial score (nSPS) is 13.2. The summed E-state index contributed by atoms with van der Waals surface area (Å²) in [5.74, 6) is -2.51. The summed E-state index contributed by atoms with van der Waals surface area (Å²) in [5.41, 5.74) is -0.0336. The zero-order chi connectivity index (χ0) is 16.5. The van der Waals surface area contributed by atoms with Crippen molar-refractivity contribution in [3.8, 4) is 5.88 Å². The van der Waals surface area contributed by atoms with Gasteiger partial charge in [0.2, 0.25) is 11.8 Å². The van der Waals surface area contributed by atoms with Crippen LogP contribution in [0.25, 0.3) is 0 Å². The van der Waals surface area contributed by atoms with Gasteiger partial charge in [-0.05, 0) is 0 Å². The molecule has 0 radical (unpaired) electrons. The van der Waals surface area contributed by atoms with Crippen LogP contribution in [0.15, 0.2) is 6.07 Å². The van der Waals surface area contributed by atoms with E-state index in [0.717, 1.165) is 0 Å². The summed E-state index contributed by atoms with van der Waals surface area (Å²) in [5, 5.41) is 0. The average Bonchev–Trinajstić information content (AvgIpc) is 2.33. The third-order valence-corrected chi connectivity index (χ3v) is 1.94. The van der Waals surface area contributed by atoms with Crippen molar-refractivity contribution in [2.45, 2.75) is 18.3 Å². The lowest BCUT2D eigenvalue weighted by atomic mass is 10.3. The summed E-state index contributed by atoms with van der Waals surface area (Å²) in [6.07, 6.45) is -10.9. The molecule has 0 aliphatic heterocycles. The van der Waals surface area contributed by atoms with Gasteiger partial charge in [0.15, 0.2) is 12.3 Å². The zero-order valence-corrected chi connectivity index (χ0v) is 9.69. The Morgan fingerprint density at radius 2 is 1.62 bits per heavy atom. The van der Waals surface area contributed by atoms with Gasteiger partial charge in [0, 0.05) is 6.07 Å². The maximum absolute atomic E-state index is 12.6. The Kier molecular flexibility index (Phi) is 4.45. The Bertz CT molecular complexity index is 500. The number of nitrogens with two attached hydrogens (primary N) is 1. The fourth-order valence-electron chi connectivity index (χ4n) is 0.955. The van der Waals surface area contributed by atoms with Crippen LogP contribution in [0.5, 0.6) is 5.88 Å². The highest BCUT2D eigenvalue weighted by molar-refractivity contribution is 5.30. The summed E-state index contributed by atoms with van der Waals surface area (Å²) in [4.78, 5) is 5.93. The highest BCUT2D eigenvalue weighted by Gasteiger charge is 2.58. The van der Waals surface area contributed by atoms with Gasteiger partial charge < -0.3 is 4.74 Å². The number of halogens is 8. The molecule has 0 bridgehead atoms. The highest BCUT2D eigenvalue weighted by atomic mass is 19.4. The number of hydrazine groups is 1.